The van der Waals surface area contributed by atoms with Crippen molar-refractivity contribution in [3.8, 4) is 16.9 Å². The van der Waals surface area contributed by atoms with Crippen LogP contribution in [0.2, 0.25) is 0 Å². The molecular weight excluding hydrogens is 404 g/mol. The number of thiophene rings is 1. The summed E-state index contributed by atoms with van der Waals surface area (Å²) in [6.45, 7) is 0. The van der Waals surface area contributed by atoms with Crippen LogP contribution in [0, 0.1) is 0 Å². The summed E-state index contributed by atoms with van der Waals surface area (Å²) in [6.07, 6.45) is 0. The Labute approximate surface area is 166 Å². The molecule has 0 radical (unpaired) electrons. The molecular formula is C18H14N2O6S2. The Morgan fingerprint density at radius 1 is 0.964 bits per heavy atom. The predicted molar refractivity (Wildman–Crippen MR) is 105 cm³/mol. The molecule has 1 atom stereocenters. The predicted octanol–water partition coefficient (Wildman–Crippen LogP) is 3.30. The van der Waals surface area contributed by atoms with Gasteiger partial charge in [-0.15, -0.1) is 11.3 Å². The number of esters is 1. The highest BCUT2D eigenvalue weighted by Gasteiger charge is 2.29. The zero-order valence-corrected chi connectivity index (χ0v) is 15.8. The number of carbonyl (C=O) groups excluding carboxylic acids is 2. The summed E-state index contributed by atoms with van der Waals surface area (Å²) in [6, 6.07) is 16.7. The molecule has 144 valence electrons. The number of hydrogen-bond donors (Lipinski definition) is 4. The first-order valence-corrected chi connectivity index (χ1v) is 9.75. The van der Waals surface area contributed by atoms with Crippen LogP contribution in [-0.2, 0) is 11.3 Å². The van der Waals surface area contributed by atoms with Gasteiger partial charge in [-0.3, -0.25) is 19.3 Å². The summed E-state index contributed by atoms with van der Waals surface area (Å²) in [5.41, 5.74) is 2.18. The molecule has 4 N–H and O–H groups in total. The van der Waals surface area contributed by atoms with Crippen LogP contribution in [0.25, 0.3) is 11.1 Å². The summed E-state index contributed by atoms with van der Waals surface area (Å²) in [5, 5.41) is 9.08. The maximum atomic E-state index is 12.7. The van der Waals surface area contributed by atoms with Gasteiger partial charge in [-0.1, -0.05) is 48.5 Å². The number of benzene rings is 2. The van der Waals surface area contributed by atoms with Crippen molar-refractivity contribution in [2.24, 2.45) is 0 Å². The molecule has 3 aromatic rings. The molecule has 0 bridgehead atoms. The minimum atomic E-state index is -2.52. The van der Waals surface area contributed by atoms with Gasteiger partial charge < -0.3 is 4.74 Å². The Balaban J connectivity index is 2.16. The van der Waals surface area contributed by atoms with Gasteiger partial charge >= 0.3 is 5.97 Å². The SMILES string of the molecule is O=C(Oc1ccccc1)c1sc(C(=O)NO)c(-c2ccccc2)c1NS(=O)O. The quantitative estimate of drug-likeness (QED) is 0.160. The number of ether oxygens (including phenoxy) is 1. The van der Waals surface area contributed by atoms with Gasteiger partial charge in [0.05, 0.1) is 5.69 Å². The lowest BCUT2D eigenvalue weighted by Gasteiger charge is -2.09. The third kappa shape index (κ3) is 4.26. The second-order valence-corrected chi connectivity index (χ2v) is 7.09. The van der Waals surface area contributed by atoms with Crippen molar-refractivity contribution in [1.29, 1.82) is 0 Å². The number of amides is 1. The van der Waals surface area contributed by atoms with Crippen molar-refractivity contribution >= 4 is 40.2 Å². The van der Waals surface area contributed by atoms with Crippen LogP contribution in [0.15, 0.2) is 60.7 Å². The van der Waals surface area contributed by atoms with Gasteiger partial charge in [0, 0.05) is 5.56 Å². The van der Waals surface area contributed by atoms with Crippen LogP contribution in [0.1, 0.15) is 19.3 Å². The fraction of sp³-hybridized carbons (Fsp3) is 0. The normalized spacial score (nSPS) is 11.5. The molecule has 0 saturated carbocycles. The topological polar surface area (TPSA) is 125 Å². The summed E-state index contributed by atoms with van der Waals surface area (Å²) >= 11 is -1.79. The molecule has 8 nitrogen and oxygen atoms in total. The highest BCUT2D eigenvalue weighted by molar-refractivity contribution is 7.80. The maximum Gasteiger partial charge on any atom is 0.355 e. The van der Waals surface area contributed by atoms with Crippen molar-refractivity contribution in [2.75, 3.05) is 4.72 Å². The van der Waals surface area contributed by atoms with Gasteiger partial charge in [0.15, 0.2) is 0 Å². The van der Waals surface area contributed by atoms with Gasteiger partial charge in [-0.05, 0) is 17.7 Å². The monoisotopic (exact) mass is 418 g/mol. The van der Waals surface area contributed by atoms with Gasteiger partial charge in [0.2, 0.25) is 0 Å². The molecule has 10 heteroatoms. The standard InChI is InChI=1S/C18H14N2O6S2/c21-17(19-23)15-13(11-7-3-1-4-8-11)14(20-28(24)25)16(27-15)18(22)26-12-9-5-2-6-10-12/h1-10,20,23H,(H,19,21)(H,24,25). The lowest BCUT2D eigenvalue weighted by Crippen LogP contribution is -2.18. The third-order valence-electron chi connectivity index (χ3n) is 3.61. The van der Waals surface area contributed by atoms with E-state index in [0.29, 0.717) is 5.56 Å². The van der Waals surface area contributed by atoms with Crippen LogP contribution < -0.4 is 14.9 Å². The third-order valence-corrected chi connectivity index (χ3v) is 5.15. The van der Waals surface area contributed by atoms with Gasteiger partial charge in [0.25, 0.3) is 17.2 Å². The lowest BCUT2D eigenvalue weighted by atomic mass is 10.0. The highest BCUT2D eigenvalue weighted by Crippen LogP contribution is 2.41. The van der Waals surface area contributed by atoms with Crippen molar-refractivity contribution in [3.63, 3.8) is 0 Å². The molecule has 1 amide bonds. The Kier molecular flexibility index (Phi) is 6.16. The second kappa shape index (κ2) is 8.76. The molecule has 1 aromatic heterocycles. The zero-order chi connectivity index (χ0) is 20.1. The minimum absolute atomic E-state index is 0.0262. The smallest absolute Gasteiger partial charge is 0.355 e. The van der Waals surface area contributed by atoms with E-state index in [1.165, 1.54) is 5.48 Å². The summed E-state index contributed by atoms with van der Waals surface area (Å²) in [5.74, 6) is -1.42. The number of anilines is 1. The average Bonchev–Trinajstić information content (AvgIpc) is 3.07. The number of nitrogens with one attached hydrogen (secondary N) is 2. The van der Waals surface area contributed by atoms with E-state index < -0.39 is 23.1 Å². The summed E-state index contributed by atoms with van der Waals surface area (Å²) < 4.78 is 28.4. The van der Waals surface area contributed by atoms with Crippen LogP contribution in [0.4, 0.5) is 5.69 Å². The second-order valence-electron chi connectivity index (χ2n) is 5.37. The summed E-state index contributed by atoms with van der Waals surface area (Å²) in [4.78, 5) is 24.7. The molecule has 28 heavy (non-hydrogen) atoms. The van der Waals surface area contributed by atoms with Crippen molar-refractivity contribution < 1.29 is 28.3 Å². The van der Waals surface area contributed by atoms with E-state index in [4.69, 9.17) is 9.94 Å². The number of rotatable bonds is 6. The van der Waals surface area contributed by atoms with E-state index in [9.17, 15) is 18.4 Å². The Morgan fingerprint density at radius 2 is 1.57 bits per heavy atom. The van der Waals surface area contributed by atoms with E-state index >= 15 is 0 Å². The number of para-hydroxylation sites is 1. The molecule has 0 spiro atoms. The van der Waals surface area contributed by atoms with Crippen LogP contribution in [0.3, 0.4) is 0 Å². The van der Waals surface area contributed by atoms with Gasteiger partial charge in [-0.25, -0.2) is 14.5 Å². The first-order valence-electron chi connectivity index (χ1n) is 7.82. The molecule has 2 aromatic carbocycles. The maximum absolute atomic E-state index is 12.7. The van der Waals surface area contributed by atoms with Crippen molar-refractivity contribution in [1.82, 2.24) is 5.48 Å². The number of carbonyl (C=O) groups is 2. The molecule has 0 saturated heterocycles. The van der Waals surface area contributed by atoms with E-state index in [-0.39, 0.29) is 26.8 Å². The summed E-state index contributed by atoms with van der Waals surface area (Å²) in [7, 11) is 0. The number of hydrogen-bond acceptors (Lipinski definition) is 6. The Hall–Kier alpha value is -3.05. The van der Waals surface area contributed by atoms with Crippen molar-refractivity contribution in [3.05, 3.63) is 70.4 Å². The fourth-order valence-corrected chi connectivity index (χ4v) is 3.98. The Morgan fingerprint density at radius 3 is 2.14 bits per heavy atom. The fourth-order valence-electron chi connectivity index (χ4n) is 2.49. The number of hydroxylamine groups is 1. The van der Waals surface area contributed by atoms with Gasteiger partial charge in [-0.2, -0.15) is 0 Å². The molecule has 0 aliphatic rings. The van der Waals surface area contributed by atoms with E-state index in [2.05, 4.69) is 4.72 Å². The average molecular weight is 418 g/mol. The van der Waals surface area contributed by atoms with Crippen LogP contribution in [0.5, 0.6) is 5.75 Å². The molecule has 1 heterocycles. The first-order chi connectivity index (χ1) is 13.5. The van der Waals surface area contributed by atoms with Gasteiger partial charge in [0.1, 0.15) is 15.5 Å². The largest absolute Gasteiger partial charge is 0.422 e. The zero-order valence-electron chi connectivity index (χ0n) is 14.1. The van der Waals surface area contributed by atoms with E-state index in [0.717, 1.165) is 11.3 Å². The minimum Gasteiger partial charge on any atom is -0.422 e. The van der Waals surface area contributed by atoms with E-state index in [1.54, 1.807) is 60.7 Å². The molecule has 3 rings (SSSR count). The van der Waals surface area contributed by atoms with Crippen LogP contribution in [-0.4, -0.2) is 25.8 Å². The van der Waals surface area contributed by atoms with Crippen molar-refractivity contribution in [2.45, 2.75) is 0 Å². The first kappa shape index (κ1) is 19.7. The highest BCUT2D eigenvalue weighted by atomic mass is 32.2. The molecule has 0 aliphatic carbocycles. The Bertz CT molecular complexity index is 1020. The molecule has 1 unspecified atom stereocenters. The molecule has 0 fully saturated rings. The van der Waals surface area contributed by atoms with Crippen LogP contribution >= 0.6 is 11.3 Å². The molecule has 0 aliphatic heterocycles. The lowest BCUT2D eigenvalue weighted by molar-refractivity contribution is 0.0711. The van der Waals surface area contributed by atoms with E-state index in [1.807, 2.05) is 0 Å².